The van der Waals surface area contributed by atoms with Crippen molar-refractivity contribution in [1.82, 2.24) is 9.80 Å². The van der Waals surface area contributed by atoms with E-state index in [-0.39, 0.29) is 5.91 Å². The third-order valence-electron chi connectivity index (χ3n) is 3.66. The highest BCUT2D eigenvalue weighted by molar-refractivity contribution is 9.10. The number of likely N-dealkylation sites (N-methyl/N-ethyl adjacent to an activating group) is 2. The predicted molar refractivity (Wildman–Crippen MR) is 76.7 cm³/mol. The van der Waals surface area contributed by atoms with Crippen LogP contribution in [0.2, 0.25) is 0 Å². The van der Waals surface area contributed by atoms with Crippen LogP contribution in [0.5, 0.6) is 0 Å². The molecular weight excluding hydrogens is 311 g/mol. The van der Waals surface area contributed by atoms with Gasteiger partial charge < -0.3 is 9.80 Å². The van der Waals surface area contributed by atoms with Gasteiger partial charge in [-0.05, 0) is 60.6 Å². The molecule has 0 bridgehead atoms. The summed E-state index contributed by atoms with van der Waals surface area (Å²) in [6, 6.07) is 4.59. The molecule has 1 saturated heterocycles. The second kappa shape index (κ2) is 6.01. The number of likely N-dealkylation sites (tertiary alicyclic amines) is 1. The maximum absolute atomic E-state index is 13.2. The van der Waals surface area contributed by atoms with Gasteiger partial charge in [-0.15, -0.1) is 0 Å². The Hall–Kier alpha value is -0.940. The fourth-order valence-electron chi connectivity index (χ4n) is 2.48. The van der Waals surface area contributed by atoms with Gasteiger partial charge in [0, 0.05) is 24.1 Å². The van der Waals surface area contributed by atoms with Crippen molar-refractivity contribution in [3.05, 3.63) is 34.1 Å². The molecule has 0 spiro atoms. The molecule has 19 heavy (non-hydrogen) atoms. The summed E-state index contributed by atoms with van der Waals surface area (Å²) in [5.41, 5.74) is 0.378. The van der Waals surface area contributed by atoms with Crippen molar-refractivity contribution in [2.75, 3.05) is 27.2 Å². The van der Waals surface area contributed by atoms with E-state index in [0.29, 0.717) is 22.6 Å². The standard InChI is InChI=1S/C14H18BrFN2O/c1-17-7-3-4-11(17)9-18(2)14(19)12-8-10(16)5-6-13(12)15/h5-6,8,11H,3-4,7,9H2,1-2H3. The summed E-state index contributed by atoms with van der Waals surface area (Å²) >= 11 is 3.30. The third-order valence-corrected chi connectivity index (χ3v) is 4.35. The maximum Gasteiger partial charge on any atom is 0.254 e. The zero-order valence-electron chi connectivity index (χ0n) is 11.2. The van der Waals surface area contributed by atoms with Gasteiger partial charge in [-0.2, -0.15) is 0 Å². The molecule has 0 aliphatic carbocycles. The Balaban J connectivity index is 2.08. The van der Waals surface area contributed by atoms with E-state index < -0.39 is 5.82 Å². The largest absolute Gasteiger partial charge is 0.340 e. The molecule has 0 aromatic heterocycles. The average Bonchev–Trinajstić information content (AvgIpc) is 2.77. The molecule has 0 N–H and O–H groups in total. The van der Waals surface area contributed by atoms with Crippen molar-refractivity contribution in [1.29, 1.82) is 0 Å². The topological polar surface area (TPSA) is 23.6 Å². The van der Waals surface area contributed by atoms with Crippen LogP contribution in [-0.4, -0.2) is 48.9 Å². The quantitative estimate of drug-likeness (QED) is 0.851. The van der Waals surface area contributed by atoms with Crippen molar-refractivity contribution >= 4 is 21.8 Å². The Morgan fingerprint density at radius 1 is 1.58 bits per heavy atom. The lowest BCUT2D eigenvalue weighted by Crippen LogP contribution is -2.39. The maximum atomic E-state index is 13.2. The summed E-state index contributed by atoms with van der Waals surface area (Å²) in [5, 5.41) is 0. The molecular formula is C14H18BrFN2O. The highest BCUT2D eigenvalue weighted by Gasteiger charge is 2.25. The average molecular weight is 329 g/mol. The minimum absolute atomic E-state index is 0.147. The van der Waals surface area contributed by atoms with E-state index in [2.05, 4.69) is 27.9 Å². The monoisotopic (exact) mass is 328 g/mol. The molecule has 1 atom stereocenters. The molecule has 1 aromatic carbocycles. The van der Waals surface area contributed by atoms with Crippen molar-refractivity contribution in [3.8, 4) is 0 Å². The first-order chi connectivity index (χ1) is 8.99. The van der Waals surface area contributed by atoms with Crippen LogP contribution in [0.15, 0.2) is 22.7 Å². The lowest BCUT2D eigenvalue weighted by Gasteiger charge is -2.26. The van der Waals surface area contributed by atoms with Gasteiger partial charge in [-0.25, -0.2) is 4.39 Å². The first-order valence-electron chi connectivity index (χ1n) is 6.40. The molecule has 0 saturated carbocycles. The van der Waals surface area contributed by atoms with Gasteiger partial charge >= 0.3 is 0 Å². The molecule has 1 aliphatic rings. The van der Waals surface area contributed by atoms with Crippen molar-refractivity contribution in [2.24, 2.45) is 0 Å². The fourth-order valence-corrected chi connectivity index (χ4v) is 2.89. The number of halogens is 2. The second-order valence-electron chi connectivity index (χ2n) is 5.09. The summed E-state index contributed by atoms with van der Waals surface area (Å²) in [4.78, 5) is 16.3. The number of hydrogen-bond acceptors (Lipinski definition) is 2. The fraction of sp³-hybridized carbons (Fsp3) is 0.500. The van der Waals surface area contributed by atoms with Crippen LogP contribution in [0.25, 0.3) is 0 Å². The summed E-state index contributed by atoms with van der Waals surface area (Å²) in [5.74, 6) is -0.537. The normalized spacial score (nSPS) is 19.7. The molecule has 1 aromatic rings. The zero-order chi connectivity index (χ0) is 14.0. The van der Waals surface area contributed by atoms with E-state index in [1.165, 1.54) is 18.6 Å². The minimum atomic E-state index is -0.391. The van der Waals surface area contributed by atoms with E-state index in [0.717, 1.165) is 13.0 Å². The molecule has 1 aliphatic heterocycles. The Morgan fingerprint density at radius 2 is 2.32 bits per heavy atom. The van der Waals surface area contributed by atoms with Crippen LogP contribution in [0, 0.1) is 5.82 Å². The van der Waals surface area contributed by atoms with Crippen LogP contribution in [-0.2, 0) is 0 Å². The van der Waals surface area contributed by atoms with E-state index in [1.807, 2.05) is 0 Å². The van der Waals surface area contributed by atoms with E-state index in [4.69, 9.17) is 0 Å². The molecule has 2 rings (SSSR count). The third kappa shape index (κ3) is 3.34. The smallest absolute Gasteiger partial charge is 0.254 e. The summed E-state index contributed by atoms with van der Waals surface area (Å²) < 4.78 is 13.9. The van der Waals surface area contributed by atoms with Gasteiger partial charge in [0.15, 0.2) is 0 Å². The summed E-state index contributed by atoms with van der Waals surface area (Å²) in [6.07, 6.45) is 2.28. The van der Waals surface area contributed by atoms with Gasteiger partial charge in [-0.1, -0.05) is 0 Å². The number of carbonyl (C=O) groups is 1. The first-order valence-corrected chi connectivity index (χ1v) is 7.19. The Labute approximate surface area is 121 Å². The number of hydrogen-bond donors (Lipinski definition) is 0. The van der Waals surface area contributed by atoms with Crippen molar-refractivity contribution < 1.29 is 9.18 Å². The molecule has 3 nitrogen and oxygen atoms in total. The number of benzene rings is 1. The van der Waals surface area contributed by atoms with Crippen molar-refractivity contribution in [2.45, 2.75) is 18.9 Å². The highest BCUT2D eigenvalue weighted by atomic mass is 79.9. The van der Waals surface area contributed by atoms with Crippen LogP contribution in [0.3, 0.4) is 0 Å². The minimum Gasteiger partial charge on any atom is -0.340 e. The Bertz CT molecular complexity index is 481. The predicted octanol–water partition coefficient (Wildman–Crippen LogP) is 2.75. The molecule has 1 unspecified atom stereocenters. The Morgan fingerprint density at radius 3 is 2.95 bits per heavy atom. The van der Waals surface area contributed by atoms with Gasteiger partial charge in [0.25, 0.3) is 5.91 Å². The molecule has 0 radical (unpaired) electrons. The lowest BCUT2D eigenvalue weighted by atomic mass is 10.1. The molecule has 104 valence electrons. The highest BCUT2D eigenvalue weighted by Crippen LogP contribution is 2.21. The van der Waals surface area contributed by atoms with E-state index >= 15 is 0 Å². The van der Waals surface area contributed by atoms with Gasteiger partial charge in [0.05, 0.1) is 5.56 Å². The van der Waals surface area contributed by atoms with Crippen molar-refractivity contribution in [3.63, 3.8) is 0 Å². The number of nitrogens with zero attached hydrogens (tertiary/aromatic N) is 2. The van der Waals surface area contributed by atoms with Gasteiger partial charge in [-0.3, -0.25) is 4.79 Å². The van der Waals surface area contributed by atoms with Gasteiger partial charge in [0.2, 0.25) is 0 Å². The molecule has 5 heteroatoms. The SMILES string of the molecule is CN(CC1CCCN1C)C(=O)c1cc(F)ccc1Br. The van der Waals surface area contributed by atoms with Crippen LogP contribution < -0.4 is 0 Å². The van der Waals surface area contributed by atoms with Crippen LogP contribution in [0.4, 0.5) is 4.39 Å². The number of amides is 1. The lowest BCUT2D eigenvalue weighted by molar-refractivity contribution is 0.0760. The molecule has 1 amide bonds. The number of rotatable bonds is 3. The zero-order valence-corrected chi connectivity index (χ0v) is 12.8. The van der Waals surface area contributed by atoms with E-state index in [9.17, 15) is 9.18 Å². The van der Waals surface area contributed by atoms with Crippen LogP contribution >= 0.6 is 15.9 Å². The first kappa shape index (κ1) is 14.5. The van der Waals surface area contributed by atoms with E-state index in [1.54, 1.807) is 18.0 Å². The summed E-state index contributed by atoms with van der Waals surface area (Å²) in [7, 11) is 3.85. The number of carbonyl (C=O) groups excluding carboxylic acids is 1. The molecule has 1 heterocycles. The van der Waals surface area contributed by atoms with Gasteiger partial charge in [0.1, 0.15) is 5.82 Å². The second-order valence-corrected chi connectivity index (χ2v) is 5.94. The Kier molecular flexibility index (Phi) is 4.58. The molecule has 1 fully saturated rings. The summed E-state index contributed by atoms with van der Waals surface area (Å²) in [6.45, 7) is 1.76. The van der Waals surface area contributed by atoms with Crippen LogP contribution in [0.1, 0.15) is 23.2 Å².